The molecule has 0 spiro atoms. The van der Waals surface area contributed by atoms with Crippen LogP contribution >= 0.6 is 0 Å². The molecule has 0 aromatic carbocycles. The Morgan fingerprint density at radius 1 is 1.54 bits per heavy atom. The number of rotatable bonds is 3. The highest BCUT2D eigenvalue weighted by atomic mass is 16.5. The Hall–Kier alpha value is -1.56. The van der Waals surface area contributed by atoms with Gasteiger partial charge in [0.05, 0.1) is 0 Å². The maximum Gasteiger partial charge on any atom is 0.276 e. The van der Waals surface area contributed by atoms with Crippen molar-refractivity contribution in [2.75, 3.05) is 18.1 Å². The van der Waals surface area contributed by atoms with Gasteiger partial charge in [0.15, 0.2) is 5.82 Å². The van der Waals surface area contributed by atoms with Crippen molar-refractivity contribution in [3.05, 3.63) is 16.2 Å². The maximum absolute atomic E-state index is 11.1. The van der Waals surface area contributed by atoms with E-state index in [0.717, 1.165) is 0 Å². The summed E-state index contributed by atoms with van der Waals surface area (Å²) in [5.74, 6) is 0.428. The molecule has 6 nitrogen and oxygen atoms in total. The number of hydrogen-bond acceptors (Lipinski definition) is 5. The number of H-pyrrole nitrogens is 1. The summed E-state index contributed by atoms with van der Waals surface area (Å²) in [6.07, 6.45) is 0. The van der Waals surface area contributed by atoms with E-state index < -0.39 is 5.56 Å². The number of aromatic nitrogens is 2. The van der Waals surface area contributed by atoms with Crippen LogP contribution in [-0.2, 0) is 11.3 Å². The molecule has 5 N–H and O–H groups in total. The minimum atomic E-state index is -0.429. The van der Waals surface area contributed by atoms with E-state index in [1.807, 2.05) is 6.92 Å². The molecule has 6 heteroatoms. The van der Waals surface area contributed by atoms with Crippen LogP contribution in [0.1, 0.15) is 12.7 Å². The lowest BCUT2D eigenvalue weighted by Crippen LogP contribution is -2.19. The van der Waals surface area contributed by atoms with Crippen LogP contribution in [0.3, 0.4) is 0 Å². The molecule has 72 valence electrons. The number of nitrogens with zero attached hydrogens (tertiary/aromatic N) is 1. The van der Waals surface area contributed by atoms with E-state index in [-0.39, 0.29) is 18.1 Å². The van der Waals surface area contributed by atoms with Crippen LogP contribution in [0.15, 0.2) is 4.79 Å². The van der Waals surface area contributed by atoms with E-state index in [4.69, 9.17) is 16.2 Å². The fraction of sp³-hybridized carbons (Fsp3) is 0.429. The highest BCUT2D eigenvalue weighted by Crippen LogP contribution is 2.03. The van der Waals surface area contributed by atoms with Crippen LogP contribution in [0, 0.1) is 0 Å². The fourth-order valence-corrected chi connectivity index (χ4v) is 0.815. The number of nitrogens with one attached hydrogen (secondary N) is 1. The molecule has 0 saturated heterocycles. The minimum absolute atomic E-state index is 0.0402. The average molecular weight is 184 g/mol. The topological polar surface area (TPSA) is 107 Å². The Balaban J connectivity index is 2.93. The average Bonchev–Trinajstić information content (AvgIpc) is 2.10. The number of ether oxygens (including phenoxy) is 1. The third kappa shape index (κ3) is 2.19. The molecule has 0 fully saturated rings. The molecule has 0 saturated carbocycles. The molecule has 0 amide bonds. The second kappa shape index (κ2) is 3.90. The van der Waals surface area contributed by atoms with Crippen LogP contribution in [-0.4, -0.2) is 16.6 Å². The van der Waals surface area contributed by atoms with Gasteiger partial charge in [-0.1, -0.05) is 0 Å². The van der Waals surface area contributed by atoms with Crippen molar-refractivity contribution in [3.8, 4) is 0 Å². The lowest BCUT2D eigenvalue weighted by Gasteiger charge is -2.03. The van der Waals surface area contributed by atoms with Gasteiger partial charge in [-0.25, -0.2) is 4.98 Å². The van der Waals surface area contributed by atoms with E-state index in [1.165, 1.54) is 0 Å². The SMILES string of the molecule is CCOCc1nc(N)c(N)c(=O)[nH]1. The predicted molar refractivity (Wildman–Crippen MR) is 49.0 cm³/mol. The zero-order valence-corrected chi connectivity index (χ0v) is 7.33. The summed E-state index contributed by atoms with van der Waals surface area (Å²) in [5.41, 5.74) is 10.2. The van der Waals surface area contributed by atoms with Gasteiger partial charge in [0.1, 0.15) is 18.1 Å². The van der Waals surface area contributed by atoms with Crippen molar-refractivity contribution in [2.24, 2.45) is 0 Å². The van der Waals surface area contributed by atoms with Crippen molar-refractivity contribution < 1.29 is 4.74 Å². The largest absolute Gasteiger partial charge is 0.391 e. The summed E-state index contributed by atoms with van der Waals surface area (Å²) in [4.78, 5) is 17.4. The number of anilines is 2. The number of hydrogen-bond donors (Lipinski definition) is 3. The summed E-state index contributed by atoms with van der Waals surface area (Å²) < 4.78 is 5.04. The Labute approximate surface area is 74.9 Å². The highest BCUT2D eigenvalue weighted by Gasteiger charge is 2.04. The van der Waals surface area contributed by atoms with Gasteiger partial charge in [0.2, 0.25) is 0 Å². The van der Waals surface area contributed by atoms with Gasteiger partial charge >= 0.3 is 0 Å². The summed E-state index contributed by atoms with van der Waals surface area (Å²) in [6.45, 7) is 2.63. The second-order valence-corrected chi connectivity index (χ2v) is 2.45. The summed E-state index contributed by atoms with van der Waals surface area (Å²) >= 11 is 0. The molecule has 13 heavy (non-hydrogen) atoms. The summed E-state index contributed by atoms with van der Waals surface area (Å²) in [5, 5.41) is 0. The van der Waals surface area contributed by atoms with Gasteiger partial charge in [0.25, 0.3) is 5.56 Å². The van der Waals surface area contributed by atoms with E-state index in [9.17, 15) is 4.79 Å². The van der Waals surface area contributed by atoms with Gasteiger partial charge in [-0.05, 0) is 6.92 Å². The van der Waals surface area contributed by atoms with Crippen molar-refractivity contribution in [1.29, 1.82) is 0 Å². The van der Waals surface area contributed by atoms with Crippen molar-refractivity contribution in [2.45, 2.75) is 13.5 Å². The first-order valence-corrected chi connectivity index (χ1v) is 3.87. The van der Waals surface area contributed by atoms with Crippen LogP contribution in [0.5, 0.6) is 0 Å². The Morgan fingerprint density at radius 2 is 2.23 bits per heavy atom. The monoisotopic (exact) mass is 184 g/mol. The third-order valence-electron chi connectivity index (χ3n) is 1.48. The zero-order chi connectivity index (χ0) is 9.84. The van der Waals surface area contributed by atoms with Crippen LogP contribution in [0.2, 0.25) is 0 Å². The first-order chi connectivity index (χ1) is 6.15. The molecule has 0 radical (unpaired) electrons. The van der Waals surface area contributed by atoms with Crippen molar-refractivity contribution in [1.82, 2.24) is 9.97 Å². The molecule has 1 heterocycles. The zero-order valence-electron chi connectivity index (χ0n) is 7.33. The summed E-state index contributed by atoms with van der Waals surface area (Å²) in [7, 11) is 0. The van der Waals surface area contributed by atoms with Gasteiger partial charge < -0.3 is 21.2 Å². The molecule has 1 aromatic rings. The van der Waals surface area contributed by atoms with Gasteiger partial charge in [-0.15, -0.1) is 0 Å². The van der Waals surface area contributed by atoms with E-state index in [2.05, 4.69) is 9.97 Å². The Kier molecular flexibility index (Phi) is 2.86. The summed E-state index contributed by atoms with van der Waals surface area (Å²) in [6, 6.07) is 0. The van der Waals surface area contributed by atoms with Gasteiger partial charge in [-0.2, -0.15) is 0 Å². The second-order valence-electron chi connectivity index (χ2n) is 2.45. The molecular formula is C7H12N4O2. The first kappa shape index (κ1) is 9.53. The van der Waals surface area contributed by atoms with E-state index >= 15 is 0 Å². The third-order valence-corrected chi connectivity index (χ3v) is 1.48. The standard InChI is InChI=1S/C7H12N4O2/c1-2-13-3-4-10-6(9)5(8)7(12)11-4/h2-3,8H2,1H3,(H3,9,10,11,12). The lowest BCUT2D eigenvalue weighted by atomic mass is 10.4. The predicted octanol–water partition coefficient (Wildman–Crippen LogP) is -0.529. The van der Waals surface area contributed by atoms with Crippen LogP contribution in [0.4, 0.5) is 11.5 Å². The van der Waals surface area contributed by atoms with Crippen LogP contribution in [0.25, 0.3) is 0 Å². The maximum atomic E-state index is 11.1. The molecule has 1 aromatic heterocycles. The smallest absolute Gasteiger partial charge is 0.276 e. The van der Waals surface area contributed by atoms with Crippen molar-refractivity contribution >= 4 is 11.5 Å². The molecule has 0 aliphatic carbocycles. The van der Waals surface area contributed by atoms with Gasteiger partial charge in [0, 0.05) is 6.61 Å². The van der Waals surface area contributed by atoms with Crippen LogP contribution < -0.4 is 17.0 Å². The number of nitrogens with two attached hydrogens (primary N) is 2. The molecule has 0 atom stereocenters. The lowest BCUT2D eigenvalue weighted by molar-refractivity contribution is 0.128. The Bertz CT molecular complexity index is 347. The first-order valence-electron chi connectivity index (χ1n) is 3.87. The number of nitrogen functional groups attached to an aromatic ring is 2. The Morgan fingerprint density at radius 3 is 2.77 bits per heavy atom. The molecule has 1 rings (SSSR count). The molecule has 0 aliphatic heterocycles. The molecule has 0 bridgehead atoms. The minimum Gasteiger partial charge on any atom is -0.391 e. The van der Waals surface area contributed by atoms with Crippen molar-refractivity contribution in [3.63, 3.8) is 0 Å². The fourth-order valence-electron chi connectivity index (χ4n) is 0.815. The molecule has 0 unspecified atom stereocenters. The highest BCUT2D eigenvalue weighted by molar-refractivity contribution is 5.55. The molecule has 0 aliphatic rings. The quantitative estimate of drug-likeness (QED) is 0.585. The number of aromatic amines is 1. The normalized spacial score (nSPS) is 10.2. The molecular weight excluding hydrogens is 172 g/mol. The van der Waals surface area contributed by atoms with Gasteiger partial charge in [-0.3, -0.25) is 4.79 Å². The van der Waals surface area contributed by atoms with E-state index in [0.29, 0.717) is 12.4 Å². The van der Waals surface area contributed by atoms with E-state index in [1.54, 1.807) is 0 Å².